The summed E-state index contributed by atoms with van der Waals surface area (Å²) in [6.45, 7) is 3.59. The first-order valence-electron chi connectivity index (χ1n) is 5.30. The maximum Gasteiger partial charge on any atom is 0.254 e. The molecule has 0 spiro atoms. The SMILES string of the molecule is CC(=O)NCCNC(=O)c1cccc(C)c1F. The molecule has 92 valence electrons. The fourth-order valence-electron chi connectivity index (χ4n) is 1.33. The number of aryl methyl sites for hydroxylation is 1. The quantitative estimate of drug-likeness (QED) is 0.769. The van der Waals surface area contributed by atoms with Gasteiger partial charge in [0.1, 0.15) is 5.82 Å². The summed E-state index contributed by atoms with van der Waals surface area (Å²) < 4.78 is 13.6. The Morgan fingerprint density at radius 2 is 1.88 bits per heavy atom. The maximum atomic E-state index is 13.6. The molecule has 0 saturated carbocycles. The van der Waals surface area contributed by atoms with Gasteiger partial charge in [-0.25, -0.2) is 4.39 Å². The van der Waals surface area contributed by atoms with Crippen LogP contribution in [-0.4, -0.2) is 24.9 Å². The van der Waals surface area contributed by atoms with E-state index in [2.05, 4.69) is 10.6 Å². The molecule has 17 heavy (non-hydrogen) atoms. The summed E-state index contributed by atoms with van der Waals surface area (Å²) in [5.41, 5.74) is 0.451. The summed E-state index contributed by atoms with van der Waals surface area (Å²) in [5.74, 6) is -1.15. The average molecular weight is 238 g/mol. The minimum absolute atomic E-state index is 0.0211. The summed E-state index contributed by atoms with van der Waals surface area (Å²) >= 11 is 0. The van der Waals surface area contributed by atoms with E-state index in [0.29, 0.717) is 12.1 Å². The van der Waals surface area contributed by atoms with Crippen molar-refractivity contribution in [1.29, 1.82) is 0 Å². The second-order valence-electron chi connectivity index (χ2n) is 3.68. The highest BCUT2D eigenvalue weighted by atomic mass is 19.1. The van der Waals surface area contributed by atoms with Crippen LogP contribution < -0.4 is 10.6 Å². The Hall–Kier alpha value is -1.91. The third-order valence-electron chi connectivity index (χ3n) is 2.22. The molecule has 0 aliphatic rings. The molecular weight excluding hydrogens is 223 g/mol. The molecule has 1 rings (SSSR count). The molecule has 0 fully saturated rings. The molecule has 0 saturated heterocycles. The molecule has 0 radical (unpaired) electrons. The lowest BCUT2D eigenvalue weighted by atomic mass is 10.1. The van der Waals surface area contributed by atoms with Gasteiger partial charge >= 0.3 is 0 Å². The molecular formula is C12H15FN2O2. The number of nitrogens with one attached hydrogen (secondary N) is 2. The Balaban J connectivity index is 2.53. The molecule has 0 heterocycles. The van der Waals surface area contributed by atoms with Crippen LogP contribution in [0.5, 0.6) is 0 Å². The third-order valence-corrected chi connectivity index (χ3v) is 2.22. The number of carbonyl (C=O) groups is 2. The summed E-state index contributed by atoms with van der Waals surface area (Å²) in [6, 6.07) is 4.65. The van der Waals surface area contributed by atoms with Crippen molar-refractivity contribution < 1.29 is 14.0 Å². The van der Waals surface area contributed by atoms with Crippen molar-refractivity contribution in [3.05, 3.63) is 35.1 Å². The summed E-state index contributed by atoms with van der Waals surface area (Å²) in [5, 5.41) is 5.06. The molecule has 0 aromatic heterocycles. The van der Waals surface area contributed by atoms with Crippen LogP contribution in [0.2, 0.25) is 0 Å². The van der Waals surface area contributed by atoms with Crippen molar-refractivity contribution in [3.8, 4) is 0 Å². The van der Waals surface area contributed by atoms with Crippen LogP contribution in [0.25, 0.3) is 0 Å². The van der Waals surface area contributed by atoms with E-state index >= 15 is 0 Å². The lowest BCUT2D eigenvalue weighted by molar-refractivity contribution is -0.118. The second-order valence-corrected chi connectivity index (χ2v) is 3.68. The van der Waals surface area contributed by atoms with Crippen molar-refractivity contribution in [1.82, 2.24) is 10.6 Å². The van der Waals surface area contributed by atoms with Crippen molar-refractivity contribution in [2.45, 2.75) is 13.8 Å². The predicted octanol–water partition coefficient (Wildman–Crippen LogP) is 1.00. The molecule has 0 aliphatic carbocycles. The van der Waals surface area contributed by atoms with Gasteiger partial charge in [-0.05, 0) is 18.6 Å². The monoisotopic (exact) mass is 238 g/mol. The molecule has 0 unspecified atom stereocenters. The van der Waals surface area contributed by atoms with E-state index in [-0.39, 0.29) is 18.0 Å². The van der Waals surface area contributed by atoms with Gasteiger partial charge in [-0.3, -0.25) is 9.59 Å². The zero-order valence-electron chi connectivity index (χ0n) is 9.84. The minimum atomic E-state index is -0.510. The smallest absolute Gasteiger partial charge is 0.254 e. The maximum absolute atomic E-state index is 13.6. The fourth-order valence-corrected chi connectivity index (χ4v) is 1.33. The Kier molecular flexibility index (Phi) is 4.63. The van der Waals surface area contributed by atoms with E-state index in [4.69, 9.17) is 0 Å². The standard InChI is InChI=1S/C12H15FN2O2/c1-8-4-3-5-10(11(8)13)12(17)15-7-6-14-9(2)16/h3-5H,6-7H2,1-2H3,(H,14,16)(H,15,17). The van der Waals surface area contributed by atoms with Crippen molar-refractivity contribution in [3.63, 3.8) is 0 Å². The average Bonchev–Trinajstić information content (AvgIpc) is 2.27. The molecule has 2 N–H and O–H groups in total. The van der Waals surface area contributed by atoms with Crippen LogP contribution >= 0.6 is 0 Å². The van der Waals surface area contributed by atoms with Gasteiger partial charge in [0.15, 0.2) is 0 Å². The summed E-state index contributed by atoms with van der Waals surface area (Å²) in [4.78, 5) is 22.2. The van der Waals surface area contributed by atoms with E-state index in [1.807, 2.05) is 0 Å². The zero-order valence-corrected chi connectivity index (χ0v) is 9.84. The number of rotatable bonds is 4. The van der Waals surface area contributed by atoms with Gasteiger partial charge in [0.05, 0.1) is 5.56 Å². The molecule has 0 aliphatic heterocycles. The van der Waals surface area contributed by atoms with Crippen LogP contribution in [0.4, 0.5) is 4.39 Å². The number of amides is 2. The van der Waals surface area contributed by atoms with Gasteiger partial charge in [0.25, 0.3) is 5.91 Å². The van der Waals surface area contributed by atoms with Crippen LogP contribution in [0.1, 0.15) is 22.8 Å². The Morgan fingerprint density at radius 1 is 1.24 bits per heavy atom. The topological polar surface area (TPSA) is 58.2 Å². The highest BCUT2D eigenvalue weighted by Crippen LogP contribution is 2.11. The Labute approximate surface area is 99.2 Å². The third kappa shape index (κ3) is 3.86. The lowest BCUT2D eigenvalue weighted by Gasteiger charge is -2.07. The predicted molar refractivity (Wildman–Crippen MR) is 62.2 cm³/mol. The van der Waals surface area contributed by atoms with E-state index in [0.717, 1.165) is 0 Å². The Morgan fingerprint density at radius 3 is 2.53 bits per heavy atom. The molecule has 0 bridgehead atoms. The number of hydrogen-bond donors (Lipinski definition) is 2. The van der Waals surface area contributed by atoms with Crippen molar-refractivity contribution in [2.75, 3.05) is 13.1 Å². The number of hydrogen-bond acceptors (Lipinski definition) is 2. The highest BCUT2D eigenvalue weighted by molar-refractivity contribution is 5.94. The first-order valence-corrected chi connectivity index (χ1v) is 5.30. The minimum Gasteiger partial charge on any atom is -0.355 e. The van der Waals surface area contributed by atoms with Crippen molar-refractivity contribution >= 4 is 11.8 Å². The molecule has 4 nitrogen and oxygen atoms in total. The normalized spacial score (nSPS) is 9.82. The van der Waals surface area contributed by atoms with Crippen molar-refractivity contribution in [2.24, 2.45) is 0 Å². The van der Waals surface area contributed by atoms with Gasteiger partial charge in [-0.1, -0.05) is 12.1 Å². The zero-order chi connectivity index (χ0) is 12.8. The van der Waals surface area contributed by atoms with E-state index < -0.39 is 11.7 Å². The summed E-state index contributed by atoms with van der Waals surface area (Å²) in [6.07, 6.45) is 0. The largest absolute Gasteiger partial charge is 0.355 e. The number of carbonyl (C=O) groups excluding carboxylic acids is 2. The van der Waals surface area contributed by atoms with Gasteiger partial charge in [0, 0.05) is 20.0 Å². The fraction of sp³-hybridized carbons (Fsp3) is 0.333. The first-order chi connectivity index (χ1) is 8.02. The van der Waals surface area contributed by atoms with E-state index in [9.17, 15) is 14.0 Å². The molecule has 0 atom stereocenters. The van der Waals surface area contributed by atoms with E-state index in [1.54, 1.807) is 19.1 Å². The molecule has 2 amide bonds. The number of benzene rings is 1. The number of halogens is 1. The Bertz CT molecular complexity index is 433. The second kappa shape index (κ2) is 5.98. The van der Waals surface area contributed by atoms with Crippen LogP contribution in [0.3, 0.4) is 0 Å². The summed E-state index contributed by atoms with van der Waals surface area (Å²) in [7, 11) is 0. The molecule has 5 heteroatoms. The van der Waals surface area contributed by atoms with Crippen LogP contribution in [0.15, 0.2) is 18.2 Å². The molecule has 1 aromatic rings. The molecule has 1 aromatic carbocycles. The van der Waals surface area contributed by atoms with Crippen LogP contribution in [-0.2, 0) is 4.79 Å². The lowest BCUT2D eigenvalue weighted by Crippen LogP contribution is -2.34. The van der Waals surface area contributed by atoms with Gasteiger partial charge in [-0.2, -0.15) is 0 Å². The van der Waals surface area contributed by atoms with Crippen LogP contribution in [0, 0.1) is 12.7 Å². The highest BCUT2D eigenvalue weighted by Gasteiger charge is 2.12. The van der Waals surface area contributed by atoms with Gasteiger partial charge in [0.2, 0.25) is 5.91 Å². The van der Waals surface area contributed by atoms with E-state index in [1.165, 1.54) is 13.0 Å². The first kappa shape index (κ1) is 13.2. The van der Waals surface area contributed by atoms with Gasteiger partial charge in [-0.15, -0.1) is 0 Å². The van der Waals surface area contributed by atoms with Gasteiger partial charge < -0.3 is 10.6 Å².